The number of aromatic nitrogens is 1. The van der Waals surface area contributed by atoms with Gasteiger partial charge in [-0.15, -0.1) is 0 Å². The Hall–Kier alpha value is -1.81. The van der Waals surface area contributed by atoms with Crippen LogP contribution >= 0.6 is 0 Å². The van der Waals surface area contributed by atoms with Gasteiger partial charge in [-0.1, -0.05) is 6.07 Å². The molecule has 0 saturated carbocycles. The van der Waals surface area contributed by atoms with Gasteiger partial charge >= 0.3 is 0 Å². The summed E-state index contributed by atoms with van der Waals surface area (Å²) in [6, 6.07) is 6.58. The van der Waals surface area contributed by atoms with Crippen molar-refractivity contribution in [3.05, 3.63) is 65.5 Å². The lowest BCUT2D eigenvalue weighted by atomic mass is 10.0. The lowest BCUT2D eigenvalue weighted by molar-refractivity contribution is 0.572. The summed E-state index contributed by atoms with van der Waals surface area (Å²) in [5, 5.41) is 0. The number of hydrogen-bond donors (Lipinski definition) is 1. The van der Waals surface area contributed by atoms with Gasteiger partial charge in [-0.2, -0.15) is 0 Å². The smallest absolute Gasteiger partial charge is 0.126 e. The molecule has 0 aliphatic rings. The molecule has 2 nitrogen and oxygen atoms in total. The van der Waals surface area contributed by atoms with E-state index < -0.39 is 17.7 Å². The van der Waals surface area contributed by atoms with Crippen LogP contribution in [-0.2, 0) is 6.42 Å². The molecule has 17 heavy (non-hydrogen) atoms. The van der Waals surface area contributed by atoms with Crippen LogP contribution in [0.5, 0.6) is 0 Å². The highest BCUT2D eigenvalue weighted by Crippen LogP contribution is 2.18. The molecule has 4 heteroatoms. The van der Waals surface area contributed by atoms with Crippen molar-refractivity contribution >= 4 is 0 Å². The van der Waals surface area contributed by atoms with E-state index in [0.29, 0.717) is 12.0 Å². The summed E-state index contributed by atoms with van der Waals surface area (Å²) < 4.78 is 26.0. The highest BCUT2D eigenvalue weighted by atomic mass is 19.1. The van der Waals surface area contributed by atoms with Crippen LogP contribution < -0.4 is 5.73 Å². The number of pyridine rings is 1. The molecular formula is C13H12F2N2. The van der Waals surface area contributed by atoms with E-state index in [1.54, 1.807) is 18.5 Å². The quantitative estimate of drug-likeness (QED) is 0.886. The van der Waals surface area contributed by atoms with Gasteiger partial charge in [0.1, 0.15) is 11.6 Å². The fraction of sp³-hybridized carbons (Fsp3) is 0.154. The van der Waals surface area contributed by atoms with Gasteiger partial charge in [-0.3, -0.25) is 4.98 Å². The Morgan fingerprint density at radius 1 is 1.18 bits per heavy atom. The molecule has 88 valence electrons. The van der Waals surface area contributed by atoms with Crippen molar-refractivity contribution in [1.29, 1.82) is 0 Å². The van der Waals surface area contributed by atoms with Crippen LogP contribution in [0.15, 0.2) is 42.7 Å². The minimum Gasteiger partial charge on any atom is -0.324 e. The molecule has 2 rings (SSSR count). The van der Waals surface area contributed by atoms with Gasteiger partial charge in [-0.25, -0.2) is 8.78 Å². The fourth-order valence-corrected chi connectivity index (χ4v) is 1.68. The third kappa shape index (κ3) is 3.07. The first-order valence-corrected chi connectivity index (χ1v) is 5.25. The first-order valence-electron chi connectivity index (χ1n) is 5.25. The fourth-order valence-electron chi connectivity index (χ4n) is 1.68. The monoisotopic (exact) mass is 234 g/mol. The second-order valence-corrected chi connectivity index (χ2v) is 3.87. The Morgan fingerprint density at radius 2 is 1.88 bits per heavy atom. The number of benzene rings is 1. The van der Waals surface area contributed by atoms with E-state index in [1.165, 1.54) is 12.1 Å². The molecular weight excluding hydrogens is 222 g/mol. The Morgan fingerprint density at radius 3 is 2.47 bits per heavy atom. The largest absolute Gasteiger partial charge is 0.324 e. The van der Waals surface area contributed by atoms with Crippen molar-refractivity contribution in [3.63, 3.8) is 0 Å². The van der Waals surface area contributed by atoms with Gasteiger partial charge in [0.05, 0.1) is 0 Å². The summed E-state index contributed by atoms with van der Waals surface area (Å²) >= 11 is 0. The molecule has 0 aliphatic carbocycles. The van der Waals surface area contributed by atoms with E-state index in [2.05, 4.69) is 4.98 Å². The molecule has 0 amide bonds. The van der Waals surface area contributed by atoms with E-state index in [9.17, 15) is 8.78 Å². The molecule has 2 N–H and O–H groups in total. The Balaban J connectivity index is 2.17. The van der Waals surface area contributed by atoms with E-state index in [0.717, 1.165) is 11.6 Å². The van der Waals surface area contributed by atoms with Crippen molar-refractivity contribution in [1.82, 2.24) is 4.98 Å². The van der Waals surface area contributed by atoms with Gasteiger partial charge in [-0.05, 0) is 35.7 Å². The van der Waals surface area contributed by atoms with E-state index >= 15 is 0 Å². The minimum atomic E-state index is -0.610. The first-order chi connectivity index (χ1) is 8.15. The standard InChI is InChI=1S/C13H12F2N2/c14-11-5-10(6-12(15)7-11)13(16)4-9-2-1-3-17-8-9/h1-3,5-8,13H,4,16H2. The maximum Gasteiger partial charge on any atom is 0.126 e. The molecule has 0 aliphatic heterocycles. The molecule has 0 bridgehead atoms. The molecule has 1 heterocycles. The summed E-state index contributed by atoms with van der Waals surface area (Å²) in [7, 11) is 0. The van der Waals surface area contributed by atoms with Gasteiger partial charge in [0.15, 0.2) is 0 Å². The number of rotatable bonds is 3. The van der Waals surface area contributed by atoms with Crippen molar-refractivity contribution < 1.29 is 8.78 Å². The van der Waals surface area contributed by atoms with Crippen LogP contribution in [0.3, 0.4) is 0 Å². The second kappa shape index (κ2) is 5.01. The second-order valence-electron chi connectivity index (χ2n) is 3.87. The third-order valence-electron chi connectivity index (χ3n) is 2.49. The molecule has 1 aromatic carbocycles. The Labute approximate surface area is 98.1 Å². The minimum absolute atomic E-state index is 0.440. The summed E-state index contributed by atoms with van der Waals surface area (Å²) in [6.07, 6.45) is 3.85. The van der Waals surface area contributed by atoms with Crippen molar-refractivity contribution in [2.24, 2.45) is 5.73 Å². The molecule has 2 aromatic rings. The van der Waals surface area contributed by atoms with Crippen LogP contribution in [0.1, 0.15) is 17.2 Å². The van der Waals surface area contributed by atoms with Crippen LogP contribution in [0, 0.1) is 11.6 Å². The predicted octanol–water partition coefficient (Wildman–Crippen LogP) is 2.60. The molecule has 0 spiro atoms. The third-order valence-corrected chi connectivity index (χ3v) is 2.49. The molecule has 1 unspecified atom stereocenters. The molecule has 0 saturated heterocycles. The predicted molar refractivity (Wildman–Crippen MR) is 61.2 cm³/mol. The number of halogens is 2. The maximum atomic E-state index is 13.0. The SMILES string of the molecule is NC(Cc1cccnc1)c1cc(F)cc(F)c1. The normalized spacial score (nSPS) is 12.4. The zero-order chi connectivity index (χ0) is 12.3. The summed E-state index contributed by atoms with van der Waals surface area (Å²) in [4.78, 5) is 3.96. The molecule has 0 fully saturated rings. The summed E-state index contributed by atoms with van der Waals surface area (Å²) in [5.41, 5.74) is 7.29. The average Bonchev–Trinajstić information content (AvgIpc) is 2.29. The van der Waals surface area contributed by atoms with Gasteiger partial charge in [0.2, 0.25) is 0 Å². The van der Waals surface area contributed by atoms with E-state index in [4.69, 9.17) is 5.73 Å². The van der Waals surface area contributed by atoms with Crippen LogP contribution in [-0.4, -0.2) is 4.98 Å². The first kappa shape index (κ1) is 11.7. The lowest BCUT2D eigenvalue weighted by Crippen LogP contribution is -2.14. The zero-order valence-electron chi connectivity index (χ0n) is 9.11. The Bertz CT molecular complexity index is 480. The number of hydrogen-bond acceptors (Lipinski definition) is 2. The van der Waals surface area contributed by atoms with Gasteiger partial charge < -0.3 is 5.73 Å². The lowest BCUT2D eigenvalue weighted by Gasteiger charge is -2.12. The summed E-state index contributed by atoms with van der Waals surface area (Å²) in [5.74, 6) is -1.22. The summed E-state index contributed by atoms with van der Waals surface area (Å²) in [6.45, 7) is 0. The highest BCUT2D eigenvalue weighted by molar-refractivity contribution is 5.23. The average molecular weight is 234 g/mol. The zero-order valence-corrected chi connectivity index (χ0v) is 9.11. The number of nitrogens with two attached hydrogens (primary N) is 1. The van der Waals surface area contributed by atoms with E-state index in [-0.39, 0.29) is 0 Å². The number of nitrogens with zero attached hydrogens (tertiary/aromatic N) is 1. The van der Waals surface area contributed by atoms with Crippen LogP contribution in [0.25, 0.3) is 0 Å². The molecule has 1 aromatic heterocycles. The topological polar surface area (TPSA) is 38.9 Å². The van der Waals surface area contributed by atoms with Crippen molar-refractivity contribution in [2.45, 2.75) is 12.5 Å². The highest BCUT2D eigenvalue weighted by Gasteiger charge is 2.10. The van der Waals surface area contributed by atoms with Gasteiger partial charge in [0, 0.05) is 24.5 Å². The molecule has 0 radical (unpaired) electrons. The Kier molecular flexibility index (Phi) is 3.44. The maximum absolute atomic E-state index is 13.0. The van der Waals surface area contributed by atoms with E-state index in [1.807, 2.05) is 6.07 Å². The molecule has 1 atom stereocenters. The van der Waals surface area contributed by atoms with Crippen molar-refractivity contribution in [3.8, 4) is 0 Å². The van der Waals surface area contributed by atoms with Crippen molar-refractivity contribution in [2.75, 3.05) is 0 Å². The van der Waals surface area contributed by atoms with Gasteiger partial charge in [0.25, 0.3) is 0 Å². The van der Waals surface area contributed by atoms with Crippen LogP contribution in [0.2, 0.25) is 0 Å². The van der Waals surface area contributed by atoms with Crippen LogP contribution in [0.4, 0.5) is 8.78 Å².